The van der Waals surface area contributed by atoms with E-state index in [-0.39, 0.29) is 18.1 Å². The number of hydrogen-bond acceptors (Lipinski definition) is 4. The second-order valence-electron chi connectivity index (χ2n) is 3.91. The number of carbonyl (C=O) groups is 1. The van der Waals surface area contributed by atoms with E-state index in [0.717, 1.165) is 38.8 Å². The van der Waals surface area contributed by atoms with E-state index >= 15 is 0 Å². The molecule has 4 nitrogen and oxygen atoms in total. The number of nitrogens with one attached hydrogen (secondary N) is 1. The van der Waals surface area contributed by atoms with Crippen molar-refractivity contribution in [3.05, 3.63) is 0 Å². The van der Waals surface area contributed by atoms with Crippen LogP contribution in [-0.4, -0.2) is 37.9 Å². The normalized spacial score (nSPS) is 32.0. The molecule has 2 atom stereocenters. The van der Waals surface area contributed by atoms with E-state index in [4.69, 9.17) is 9.47 Å². The van der Waals surface area contributed by atoms with E-state index < -0.39 is 0 Å². The maximum absolute atomic E-state index is 11.5. The molecule has 2 fully saturated rings. The summed E-state index contributed by atoms with van der Waals surface area (Å²) in [5.74, 6) is -0.113. The zero-order chi connectivity index (χ0) is 9.80. The van der Waals surface area contributed by atoms with Crippen LogP contribution < -0.4 is 5.32 Å². The predicted octanol–water partition coefficient (Wildman–Crippen LogP) is 0.461. The first-order valence-corrected chi connectivity index (χ1v) is 5.38. The number of ether oxygens (including phenoxy) is 2. The Hall–Kier alpha value is -0.610. The molecule has 2 aliphatic heterocycles. The summed E-state index contributed by atoms with van der Waals surface area (Å²) in [6.07, 6.45) is 4.22. The van der Waals surface area contributed by atoms with E-state index in [1.54, 1.807) is 0 Å². The zero-order valence-corrected chi connectivity index (χ0v) is 8.33. The number of carbonyl (C=O) groups excluding carboxylic acids is 1. The van der Waals surface area contributed by atoms with E-state index in [9.17, 15) is 4.79 Å². The van der Waals surface area contributed by atoms with Gasteiger partial charge >= 0.3 is 5.97 Å². The van der Waals surface area contributed by atoms with Gasteiger partial charge < -0.3 is 14.8 Å². The zero-order valence-electron chi connectivity index (χ0n) is 8.33. The molecule has 4 heteroatoms. The molecule has 80 valence electrons. The Balaban J connectivity index is 1.66. The fourth-order valence-electron chi connectivity index (χ4n) is 1.94. The molecule has 0 aliphatic carbocycles. The molecule has 0 amide bonds. The van der Waals surface area contributed by atoms with Gasteiger partial charge in [-0.25, -0.2) is 0 Å². The third kappa shape index (κ3) is 2.45. The van der Waals surface area contributed by atoms with Gasteiger partial charge in [0.2, 0.25) is 0 Å². The molecule has 0 saturated carbocycles. The third-order valence-corrected chi connectivity index (χ3v) is 2.78. The fraction of sp³-hybridized carbons (Fsp3) is 0.900. The Morgan fingerprint density at radius 3 is 3.00 bits per heavy atom. The Morgan fingerprint density at radius 1 is 1.43 bits per heavy atom. The van der Waals surface area contributed by atoms with Crippen LogP contribution in [-0.2, 0) is 14.3 Å². The van der Waals surface area contributed by atoms with Crippen molar-refractivity contribution in [2.45, 2.75) is 37.8 Å². The van der Waals surface area contributed by atoms with Crippen molar-refractivity contribution < 1.29 is 14.3 Å². The topological polar surface area (TPSA) is 47.6 Å². The van der Waals surface area contributed by atoms with Gasteiger partial charge in [0.25, 0.3) is 0 Å². The van der Waals surface area contributed by atoms with Crippen LogP contribution in [0.2, 0.25) is 0 Å². The Labute approximate surface area is 84.0 Å². The Morgan fingerprint density at radius 2 is 2.36 bits per heavy atom. The molecule has 2 rings (SSSR count). The Bertz CT molecular complexity index is 196. The highest BCUT2D eigenvalue weighted by Gasteiger charge is 2.25. The summed E-state index contributed by atoms with van der Waals surface area (Å²) in [6, 6.07) is -0.0728. The molecule has 1 unspecified atom stereocenters. The number of esters is 1. The first-order valence-electron chi connectivity index (χ1n) is 5.38. The van der Waals surface area contributed by atoms with Gasteiger partial charge in [-0.15, -0.1) is 0 Å². The van der Waals surface area contributed by atoms with Crippen LogP contribution >= 0.6 is 0 Å². The molecule has 14 heavy (non-hydrogen) atoms. The maximum Gasteiger partial charge on any atom is 0.323 e. The highest BCUT2D eigenvalue weighted by Crippen LogP contribution is 2.13. The van der Waals surface area contributed by atoms with Gasteiger partial charge in [0.05, 0.1) is 6.10 Å². The predicted molar refractivity (Wildman–Crippen MR) is 51.0 cm³/mol. The van der Waals surface area contributed by atoms with Crippen LogP contribution in [0.25, 0.3) is 0 Å². The van der Waals surface area contributed by atoms with Crippen LogP contribution in [0.3, 0.4) is 0 Å². The largest absolute Gasteiger partial charge is 0.462 e. The van der Waals surface area contributed by atoms with Crippen molar-refractivity contribution in [1.29, 1.82) is 0 Å². The quantitative estimate of drug-likeness (QED) is 0.671. The highest BCUT2D eigenvalue weighted by molar-refractivity contribution is 5.76. The summed E-state index contributed by atoms with van der Waals surface area (Å²) in [6.45, 7) is 2.17. The molecule has 0 aromatic heterocycles. The van der Waals surface area contributed by atoms with Gasteiger partial charge in [-0.05, 0) is 32.2 Å². The average molecular weight is 199 g/mol. The van der Waals surface area contributed by atoms with Crippen molar-refractivity contribution in [3.8, 4) is 0 Å². The summed E-state index contributed by atoms with van der Waals surface area (Å²) in [4.78, 5) is 11.5. The van der Waals surface area contributed by atoms with Gasteiger partial charge in [0.15, 0.2) is 0 Å². The maximum atomic E-state index is 11.5. The van der Waals surface area contributed by atoms with Crippen molar-refractivity contribution in [2.24, 2.45) is 0 Å². The molecular weight excluding hydrogens is 182 g/mol. The molecule has 0 aromatic carbocycles. The molecule has 0 aromatic rings. The standard InChI is InChI=1S/C10H17NO3/c12-10(9-4-1-5-11-9)14-7-8-3-2-6-13-8/h8-9,11H,1-7H2/t8?,9-/m0/s1. The smallest absolute Gasteiger partial charge is 0.323 e. The van der Waals surface area contributed by atoms with E-state index in [2.05, 4.69) is 5.32 Å². The number of hydrogen-bond donors (Lipinski definition) is 1. The molecule has 2 heterocycles. The van der Waals surface area contributed by atoms with Crippen molar-refractivity contribution in [1.82, 2.24) is 5.32 Å². The van der Waals surface area contributed by atoms with E-state index in [1.165, 1.54) is 0 Å². The lowest BCUT2D eigenvalue weighted by molar-refractivity contribution is -0.148. The minimum atomic E-state index is -0.113. The first kappa shape index (κ1) is 9.93. The van der Waals surface area contributed by atoms with Gasteiger partial charge in [-0.2, -0.15) is 0 Å². The van der Waals surface area contributed by atoms with E-state index in [1.807, 2.05) is 0 Å². The molecule has 2 aliphatic rings. The summed E-state index contributed by atoms with van der Waals surface area (Å²) < 4.78 is 10.6. The molecule has 0 spiro atoms. The summed E-state index contributed by atoms with van der Waals surface area (Å²) in [7, 11) is 0. The van der Waals surface area contributed by atoms with Gasteiger partial charge in [0.1, 0.15) is 12.6 Å². The highest BCUT2D eigenvalue weighted by atomic mass is 16.6. The molecule has 0 radical (unpaired) electrons. The van der Waals surface area contributed by atoms with Crippen LogP contribution in [0.15, 0.2) is 0 Å². The van der Waals surface area contributed by atoms with Crippen molar-refractivity contribution in [3.63, 3.8) is 0 Å². The van der Waals surface area contributed by atoms with Gasteiger partial charge in [-0.3, -0.25) is 4.79 Å². The Kier molecular flexibility index (Phi) is 3.37. The lowest BCUT2D eigenvalue weighted by Crippen LogP contribution is -2.34. The second kappa shape index (κ2) is 4.75. The van der Waals surface area contributed by atoms with Crippen LogP contribution in [0.1, 0.15) is 25.7 Å². The molecule has 0 bridgehead atoms. The minimum absolute atomic E-state index is 0.0728. The molecule has 2 saturated heterocycles. The first-order chi connectivity index (χ1) is 6.86. The van der Waals surface area contributed by atoms with E-state index in [0.29, 0.717) is 6.61 Å². The minimum Gasteiger partial charge on any atom is -0.462 e. The lowest BCUT2D eigenvalue weighted by atomic mass is 10.2. The monoisotopic (exact) mass is 199 g/mol. The summed E-state index contributed by atoms with van der Waals surface area (Å²) in [5, 5.41) is 3.12. The number of rotatable bonds is 3. The summed E-state index contributed by atoms with van der Waals surface area (Å²) in [5.41, 5.74) is 0. The van der Waals surface area contributed by atoms with Crippen LogP contribution in [0.5, 0.6) is 0 Å². The van der Waals surface area contributed by atoms with Gasteiger partial charge in [0, 0.05) is 6.61 Å². The second-order valence-corrected chi connectivity index (χ2v) is 3.91. The average Bonchev–Trinajstić information content (AvgIpc) is 2.87. The van der Waals surface area contributed by atoms with Crippen LogP contribution in [0, 0.1) is 0 Å². The van der Waals surface area contributed by atoms with Crippen LogP contribution in [0.4, 0.5) is 0 Å². The molecule has 1 N–H and O–H groups in total. The lowest BCUT2D eigenvalue weighted by Gasteiger charge is -2.13. The summed E-state index contributed by atoms with van der Waals surface area (Å²) >= 11 is 0. The van der Waals surface area contributed by atoms with Gasteiger partial charge in [-0.1, -0.05) is 0 Å². The third-order valence-electron chi connectivity index (χ3n) is 2.78. The SMILES string of the molecule is O=C(OCC1CCCO1)[C@@H]1CCCN1. The molecular formula is C10H17NO3. The van der Waals surface area contributed by atoms with Crippen molar-refractivity contribution >= 4 is 5.97 Å². The van der Waals surface area contributed by atoms with Crippen molar-refractivity contribution in [2.75, 3.05) is 19.8 Å². The fourth-order valence-corrected chi connectivity index (χ4v) is 1.94.